The SMILES string of the molecule is COC(=O)CSc1nnc(-c2ccccc2C)n1-c1ccc(OC)cc1. The Bertz CT molecular complexity index is 907. The quantitative estimate of drug-likeness (QED) is 0.489. The summed E-state index contributed by atoms with van der Waals surface area (Å²) in [5.41, 5.74) is 2.97. The first-order chi connectivity index (χ1) is 12.6. The normalized spacial score (nSPS) is 10.6. The molecule has 0 spiro atoms. The third-order valence-electron chi connectivity index (χ3n) is 3.90. The molecule has 0 aliphatic rings. The molecule has 3 rings (SSSR count). The number of rotatable bonds is 6. The van der Waals surface area contributed by atoms with E-state index in [9.17, 15) is 4.79 Å². The Morgan fingerprint density at radius 2 is 1.81 bits per heavy atom. The second kappa shape index (κ2) is 8.05. The zero-order valence-electron chi connectivity index (χ0n) is 14.8. The summed E-state index contributed by atoms with van der Waals surface area (Å²) in [6, 6.07) is 15.6. The van der Waals surface area contributed by atoms with Crippen molar-refractivity contribution in [3.63, 3.8) is 0 Å². The Balaban J connectivity index is 2.08. The molecule has 2 aromatic carbocycles. The van der Waals surface area contributed by atoms with E-state index in [4.69, 9.17) is 9.47 Å². The highest BCUT2D eigenvalue weighted by Crippen LogP contribution is 2.30. The average molecular weight is 369 g/mol. The highest BCUT2D eigenvalue weighted by atomic mass is 32.2. The molecular formula is C19H19N3O3S. The van der Waals surface area contributed by atoms with Gasteiger partial charge in [0.1, 0.15) is 5.75 Å². The van der Waals surface area contributed by atoms with Crippen LogP contribution in [0.5, 0.6) is 5.75 Å². The summed E-state index contributed by atoms with van der Waals surface area (Å²) in [7, 11) is 3.00. The van der Waals surface area contributed by atoms with E-state index in [1.165, 1.54) is 18.9 Å². The lowest BCUT2D eigenvalue weighted by molar-refractivity contribution is -0.137. The Morgan fingerprint density at radius 1 is 1.08 bits per heavy atom. The van der Waals surface area contributed by atoms with E-state index in [1.54, 1.807) is 7.11 Å². The number of nitrogens with zero attached hydrogens (tertiary/aromatic N) is 3. The predicted molar refractivity (Wildman–Crippen MR) is 101 cm³/mol. The fraction of sp³-hybridized carbons (Fsp3) is 0.211. The van der Waals surface area contributed by atoms with E-state index in [2.05, 4.69) is 10.2 Å². The third kappa shape index (κ3) is 3.72. The molecule has 134 valence electrons. The van der Waals surface area contributed by atoms with Gasteiger partial charge in [-0.25, -0.2) is 0 Å². The number of esters is 1. The Hall–Kier alpha value is -2.80. The summed E-state index contributed by atoms with van der Waals surface area (Å²) >= 11 is 1.29. The van der Waals surface area contributed by atoms with Crippen molar-refractivity contribution in [2.45, 2.75) is 12.1 Å². The van der Waals surface area contributed by atoms with Crippen molar-refractivity contribution in [2.24, 2.45) is 0 Å². The van der Waals surface area contributed by atoms with Gasteiger partial charge in [-0.05, 0) is 36.8 Å². The minimum atomic E-state index is -0.309. The highest BCUT2D eigenvalue weighted by molar-refractivity contribution is 7.99. The molecule has 0 aliphatic heterocycles. The monoisotopic (exact) mass is 369 g/mol. The Morgan fingerprint density at radius 3 is 2.46 bits per heavy atom. The van der Waals surface area contributed by atoms with Crippen LogP contribution in [0, 0.1) is 6.92 Å². The lowest BCUT2D eigenvalue weighted by Gasteiger charge is -2.12. The van der Waals surface area contributed by atoms with Crippen LogP contribution < -0.4 is 4.74 Å². The molecule has 0 bridgehead atoms. The van der Waals surface area contributed by atoms with Crippen molar-refractivity contribution in [3.8, 4) is 22.8 Å². The van der Waals surface area contributed by atoms with Crippen molar-refractivity contribution in [2.75, 3.05) is 20.0 Å². The number of carbonyl (C=O) groups excluding carboxylic acids is 1. The summed E-state index contributed by atoms with van der Waals surface area (Å²) in [5.74, 6) is 1.35. The minimum Gasteiger partial charge on any atom is -0.497 e. The van der Waals surface area contributed by atoms with Crippen LogP contribution in [0.25, 0.3) is 17.1 Å². The molecule has 0 N–H and O–H groups in total. The summed E-state index contributed by atoms with van der Waals surface area (Å²) in [6.07, 6.45) is 0. The maximum absolute atomic E-state index is 11.5. The van der Waals surface area contributed by atoms with Crippen LogP contribution >= 0.6 is 11.8 Å². The number of hydrogen-bond donors (Lipinski definition) is 0. The van der Waals surface area contributed by atoms with Crippen molar-refractivity contribution < 1.29 is 14.3 Å². The van der Waals surface area contributed by atoms with Gasteiger partial charge < -0.3 is 9.47 Å². The Kier molecular flexibility index (Phi) is 5.58. The van der Waals surface area contributed by atoms with Crippen LogP contribution in [0.4, 0.5) is 0 Å². The fourth-order valence-corrected chi connectivity index (χ4v) is 3.29. The molecular weight excluding hydrogens is 350 g/mol. The van der Waals surface area contributed by atoms with Gasteiger partial charge in [-0.2, -0.15) is 0 Å². The number of carbonyl (C=O) groups is 1. The number of hydrogen-bond acceptors (Lipinski definition) is 6. The molecule has 0 atom stereocenters. The van der Waals surface area contributed by atoms with E-state index in [-0.39, 0.29) is 11.7 Å². The summed E-state index contributed by atoms with van der Waals surface area (Å²) < 4.78 is 11.9. The molecule has 26 heavy (non-hydrogen) atoms. The number of ether oxygens (including phenoxy) is 2. The second-order valence-corrected chi connectivity index (χ2v) is 6.46. The maximum Gasteiger partial charge on any atom is 0.316 e. The van der Waals surface area contributed by atoms with Crippen LogP contribution in [-0.4, -0.2) is 40.7 Å². The maximum atomic E-state index is 11.5. The molecule has 0 unspecified atom stereocenters. The fourth-order valence-electron chi connectivity index (χ4n) is 2.51. The van der Waals surface area contributed by atoms with Gasteiger partial charge in [0.15, 0.2) is 11.0 Å². The van der Waals surface area contributed by atoms with Crippen LogP contribution in [0.15, 0.2) is 53.7 Å². The van der Waals surface area contributed by atoms with E-state index in [1.807, 2.05) is 60.0 Å². The second-order valence-electron chi connectivity index (χ2n) is 5.52. The van der Waals surface area contributed by atoms with Gasteiger partial charge in [0.2, 0.25) is 0 Å². The zero-order valence-corrected chi connectivity index (χ0v) is 15.6. The van der Waals surface area contributed by atoms with Gasteiger partial charge in [0, 0.05) is 11.3 Å². The molecule has 0 amide bonds. The first-order valence-electron chi connectivity index (χ1n) is 7.99. The van der Waals surface area contributed by atoms with Crippen LogP contribution in [-0.2, 0) is 9.53 Å². The topological polar surface area (TPSA) is 66.2 Å². The first kappa shape index (κ1) is 18.0. The van der Waals surface area contributed by atoms with Crippen molar-refractivity contribution in [3.05, 3.63) is 54.1 Å². The standard InChI is InChI=1S/C19H19N3O3S/c1-13-6-4-5-7-16(13)18-20-21-19(26-12-17(23)25-3)22(18)14-8-10-15(24-2)11-9-14/h4-11H,12H2,1-3H3. The predicted octanol–water partition coefficient (Wildman–Crippen LogP) is 3.52. The number of thioether (sulfide) groups is 1. The third-order valence-corrected chi connectivity index (χ3v) is 4.80. The molecule has 3 aromatic rings. The molecule has 0 radical (unpaired) electrons. The van der Waals surface area contributed by atoms with Gasteiger partial charge in [-0.1, -0.05) is 36.0 Å². The number of benzene rings is 2. The zero-order chi connectivity index (χ0) is 18.5. The summed E-state index contributed by atoms with van der Waals surface area (Å²) in [6.45, 7) is 2.03. The van der Waals surface area contributed by atoms with Gasteiger partial charge in [-0.15, -0.1) is 10.2 Å². The highest BCUT2D eigenvalue weighted by Gasteiger charge is 2.18. The largest absolute Gasteiger partial charge is 0.497 e. The molecule has 7 heteroatoms. The molecule has 0 saturated carbocycles. The van der Waals surface area contributed by atoms with Crippen LogP contribution in [0.1, 0.15) is 5.56 Å². The van der Waals surface area contributed by atoms with Crippen molar-refractivity contribution in [1.29, 1.82) is 0 Å². The minimum absolute atomic E-state index is 0.165. The average Bonchev–Trinajstić information content (AvgIpc) is 3.10. The van der Waals surface area contributed by atoms with E-state index in [0.29, 0.717) is 5.16 Å². The lowest BCUT2D eigenvalue weighted by atomic mass is 10.1. The number of aromatic nitrogens is 3. The lowest BCUT2D eigenvalue weighted by Crippen LogP contribution is -2.06. The van der Waals surface area contributed by atoms with Gasteiger partial charge >= 0.3 is 5.97 Å². The number of aryl methyl sites for hydroxylation is 1. The first-order valence-corrected chi connectivity index (χ1v) is 8.98. The van der Waals surface area contributed by atoms with Crippen molar-refractivity contribution >= 4 is 17.7 Å². The summed E-state index contributed by atoms with van der Waals surface area (Å²) in [5, 5.41) is 9.30. The summed E-state index contributed by atoms with van der Waals surface area (Å²) in [4.78, 5) is 11.5. The van der Waals surface area contributed by atoms with E-state index in [0.717, 1.165) is 28.4 Å². The van der Waals surface area contributed by atoms with E-state index >= 15 is 0 Å². The van der Waals surface area contributed by atoms with E-state index < -0.39 is 0 Å². The van der Waals surface area contributed by atoms with Crippen LogP contribution in [0.3, 0.4) is 0 Å². The molecule has 0 saturated heterocycles. The molecule has 6 nitrogen and oxygen atoms in total. The van der Waals surface area contributed by atoms with Gasteiger partial charge in [-0.3, -0.25) is 9.36 Å². The van der Waals surface area contributed by atoms with Gasteiger partial charge in [0.05, 0.1) is 20.0 Å². The van der Waals surface area contributed by atoms with Gasteiger partial charge in [0.25, 0.3) is 0 Å². The Labute approximate surface area is 156 Å². The molecule has 1 heterocycles. The van der Waals surface area contributed by atoms with Crippen LogP contribution in [0.2, 0.25) is 0 Å². The number of methoxy groups -OCH3 is 2. The molecule has 1 aromatic heterocycles. The molecule has 0 fully saturated rings. The molecule has 0 aliphatic carbocycles. The smallest absolute Gasteiger partial charge is 0.316 e. The van der Waals surface area contributed by atoms with Crippen molar-refractivity contribution in [1.82, 2.24) is 14.8 Å².